The van der Waals surface area contributed by atoms with Crippen LogP contribution < -0.4 is 30.2 Å². The van der Waals surface area contributed by atoms with Crippen molar-refractivity contribution < 1.29 is 44.5 Å². The predicted octanol–water partition coefficient (Wildman–Crippen LogP) is 7.66. The number of aliphatic hydroxyl groups excluding tert-OH is 2. The normalized spacial score (nSPS) is 22.7. The molecule has 0 amide bonds. The number of hydrogen-bond acceptors (Lipinski definition) is 12. The van der Waals surface area contributed by atoms with Gasteiger partial charge in [-0.3, -0.25) is 10.6 Å². The van der Waals surface area contributed by atoms with E-state index in [1.165, 1.54) is 5.56 Å². The third kappa shape index (κ3) is 10.4. The molecule has 1 aliphatic carbocycles. The molecule has 1 aromatic heterocycles. The minimum atomic E-state index is -1.27. The first-order valence-corrected chi connectivity index (χ1v) is 26.0. The van der Waals surface area contributed by atoms with E-state index in [2.05, 4.69) is 83.0 Å². The van der Waals surface area contributed by atoms with E-state index in [0.29, 0.717) is 86.5 Å². The number of aromatic nitrogens is 1. The van der Waals surface area contributed by atoms with Gasteiger partial charge in [0.05, 0.1) is 25.5 Å². The Labute approximate surface area is 428 Å². The lowest BCUT2D eigenvalue weighted by atomic mass is 9.69. The maximum atomic E-state index is 12.1. The largest absolute Gasteiger partial charge is 0.508 e. The molecule has 4 aliphatic rings. The molecule has 13 heteroatoms. The number of fused-ring (bicyclic) bond motifs is 13. The van der Waals surface area contributed by atoms with Gasteiger partial charge in [-0.15, -0.1) is 0 Å². The van der Waals surface area contributed by atoms with E-state index in [-0.39, 0.29) is 56.2 Å². The zero-order valence-electron chi connectivity index (χ0n) is 42.4. The Balaban J connectivity index is 1.17. The molecule has 0 radical (unpaired) electrons. The predicted molar refractivity (Wildman–Crippen MR) is 282 cm³/mol. The highest BCUT2D eigenvalue weighted by Crippen LogP contribution is 2.58. The third-order valence-corrected chi connectivity index (χ3v) is 15.2. The van der Waals surface area contributed by atoms with Crippen molar-refractivity contribution in [3.05, 3.63) is 136 Å². The van der Waals surface area contributed by atoms with E-state index in [4.69, 9.17) is 18.9 Å². The molecule has 6 aromatic rings. The fourth-order valence-corrected chi connectivity index (χ4v) is 11.9. The van der Waals surface area contributed by atoms with Gasteiger partial charge in [-0.2, -0.15) is 0 Å². The third-order valence-electron chi connectivity index (χ3n) is 15.2. The van der Waals surface area contributed by atoms with Crippen LogP contribution in [0.3, 0.4) is 0 Å². The highest BCUT2D eigenvalue weighted by Gasteiger charge is 2.55. The summed E-state index contributed by atoms with van der Waals surface area (Å²) in [6.45, 7) is 6.30. The van der Waals surface area contributed by atoms with Crippen LogP contribution in [0.5, 0.6) is 28.7 Å². The number of rotatable bonds is 17. The van der Waals surface area contributed by atoms with E-state index in [1.807, 2.05) is 62.6 Å². The molecule has 7 atom stereocenters. The highest BCUT2D eigenvalue weighted by molar-refractivity contribution is 5.85. The minimum Gasteiger partial charge on any atom is -0.508 e. The molecule has 0 fully saturated rings. The van der Waals surface area contributed by atoms with Crippen molar-refractivity contribution in [2.24, 2.45) is 5.92 Å². The van der Waals surface area contributed by atoms with E-state index < -0.39 is 35.6 Å². The SMILES string of the molecule is CNCO[C@]12Cc3c4c(c5c(c3O[C@@H]1c1cc(CCc3ccccc3)c(O)c(c1)O[C@H](CO)CC#C[C@H]2NCNC[C@@](C)(O)CC(C)C)CC[C@@H](CO)O5)-c1ccc(O)cc1[C@@H](Cc1ccc2[nH]ccc2c1)C4. The van der Waals surface area contributed by atoms with Crippen LogP contribution in [0.15, 0.2) is 91.1 Å². The maximum absolute atomic E-state index is 12.1. The molecule has 0 unspecified atom stereocenters. The lowest BCUT2D eigenvalue weighted by Gasteiger charge is -2.49. The molecule has 0 saturated heterocycles. The van der Waals surface area contributed by atoms with Crippen molar-refractivity contribution in [1.82, 2.24) is 20.9 Å². The van der Waals surface area contributed by atoms with E-state index in [1.54, 1.807) is 6.07 Å². The van der Waals surface area contributed by atoms with Crippen LogP contribution in [-0.4, -0.2) is 100 Å². The van der Waals surface area contributed by atoms with Gasteiger partial charge < -0.3 is 54.8 Å². The van der Waals surface area contributed by atoms with Gasteiger partial charge >= 0.3 is 0 Å². The number of phenolic OH excluding ortho intramolecular Hbond substituents is 2. The van der Waals surface area contributed by atoms with E-state index in [0.717, 1.165) is 49.8 Å². The van der Waals surface area contributed by atoms with Crippen LogP contribution in [0.1, 0.15) is 96.6 Å². The molecule has 13 nitrogen and oxygen atoms in total. The molecule has 3 aliphatic heterocycles. The number of aromatic amines is 1. The smallest absolute Gasteiger partial charge is 0.162 e. The summed E-state index contributed by atoms with van der Waals surface area (Å²) >= 11 is 0. The summed E-state index contributed by atoms with van der Waals surface area (Å²) in [7, 11) is 1.84. The van der Waals surface area contributed by atoms with Crippen LogP contribution in [0, 0.1) is 17.8 Å². The summed E-state index contributed by atoms with van der Waals surface area (Å²) in [6.07, 6.45) is 4.60. The Bertz CT molecular complexity index is 3000. The van der Waals surface area contributed by atoms with Crippen molar-refractivity contribution in [1.29, 1.82) is 0 Å². The van der Waals surface area contributed by atoms with Gasteiger partial charge in [-0.05, 0) is 158 Å². The van der Waals surface area contributed by atoms with Crippen LogP contribution in [-0.2, 0) is 43.3 Å². The number of H-pyrrole nitrogens is 1. The molecule has 384 valence electrons. The fourth-order valence-electron chi connectivity index (χ4n) is 11.9. The second-order valence-electron chi connectivity index (χ2n) is 21.3. The number of benzene rings is 5. The van der Waals surface area contributed by atoms with Crippen LogP contribution in [0.2, 0.25) is 0 Å². The monoisotopic (exact) mass is 991 g/mol. The Morgan fingerprint density at radius 3 is 2.52 bits per heavy atom. The number of aryl methyl sites for hydroxylation is 2. The van der Waals surface area contributed by atoms with Crippen molar-refractivity contribution >= 4 is 10.9 Å². The molecule has 5 aromatic carbocycles. The Morgan fingerprint density at radius 1 is 0.890 bits per heavy atom. The number of phenols is 2. The second kappa shape index (κ2) is 21.4. The number of nitrogens with one attached hydrogen (secondary N) is 4. The average Bonchev–Trinajstić information content (AvgIpc) is 3.86. The second-order valence-corrected chi connectivity index (χ2v) is 21.3. The summed E-state index contributed by atoms with van der Waals surface area (Å²) in [6, 6.07) is 27.5. The van der Waals surface area contributed by atoms with Crippen molar-refractivity contribution in [3.63, 3.8) is 0 Å². The molecule has 0 spiro atoms. The summed E-state index contributed by atoms with van der Waals surface area (Å²) in [5, 5.41) is 67.5. The summed E-state index contributed by atoms with van der Waals surface area (Å²) < 4.78 is 28.5. The van der Waals surface area contributed by atoms with Gasteiger partial charge in [0.15, 0.2) is 17.6 Å². The molecular weight excluding hydrogens is 921 g/mol. The lowest BCUT2D eigenvalue weighted by Crippen LogP contribution is -2.62. The standard InChI is InChI=1S/C60H70N4O9/c1-36(2)29-59(3,69)33-62-34-64-53-12-8-11-44(31-65)71-52-27-42(25-40(55(52)68)15-13-37-9-6-5-7-10-37)58-60(53,70-35-61-4)30-50-49-26-41(24-38-14-20-51-39(23-38)21-22-63-51)48-28-43(67)16-18-46(48)54(49)57-47(56(50)73-58)19-17-45(32-66)72-57/h5-7,9-10,14,16,18,20-23,25,27-28,36,41,44-45,53,58,61-69H,11,13,15,17,19,24,26,29-35H2,1-4H3/t41-,44-,45-,53+,58+,59-,60-/m0/s1. The van der Waals surface area contributed by atoms with Crippen molar-refractivity contribution in [3.8, 4) is 51.7 Å². The molecule has 0 saturated carbocycles. The summed E-state index contributed by atoms with van der Waals surface area (Å²) in [5.74, 6) is 8.97. The summed E-state index contributed by atoms with van der Waals surface area (Å²) in [4.78, 5) is 3.32. The quantitative estimate of drug-likeness (QED) is 0.0247. The van der Waals surface area contributed by atoms with E-state index in [9.17, 15) is 25.5 Å². The van der Waals surface area contributed by atoms with E-state index >= 15 is 0 Å². The maximum Gasteiger partial charge on any atom is 0.162 e. The van der Waals surface area contributed by atoms with Crippen LogP contribution >= 0.6 is 0 Å². The lowest BCUT2D eigenvalue weighted by molar-refractivity contribution is -0.141. The Kier molecular flexibility index (Phi) is 14.8. The molecule has 9 N–H and O–H groups in total. The van der Waals surface area contributed by atoms with Crippen molar-refractivity contribution in [2.75, 3.05) is 40.2 Å². The Morgan fingerprint density at radius 2 is 1.73 bits per heavy atom. The van der Waals surface area contributed by atoms with Gasteiger partial charge in [0.2, 0.25) is 0 Å². The number of aliphatic hydroxyl groups is 3. The number of hydrogen-bond donors (Lipinski definition) is 9. The minimum absolute atomic E-state index is 0.00286. The molecule has 10 rings (SSSR count). The number of ether oxygens (including phenoxy) is 4. The first kappa shape index (κ1) is 50.5. The topological polar surface area (TPSA) is 190 Å². The number of aromatic hydroxyl groups is 2. The first-order chi connectivity index (χ1) is 35.4. The van der Waals surface area contributed by atoms with Gasteiger partial charge in [-0.1, -0.05) is 68.2 Å². The molecule has 4 heterocycles. The van der Waals surface area contributed by atoms with Crippen LogP contribution in [0.4, 0.5) is 0 Å². The molecule has 73 heavy (non-hydrogen) atoms. The van der Waals surface area contributed by atoms with Crippen molar-refractivity contribution in [2.45, 2.75) is 120 Å². The summed E-state index contributed by atoms with van der Waals surface area (Å²) in [5.41, 5.74) is 8.31. The highest BCUT2D eigenvalue weighted by atomic mass is 16.6. The van der Waals surface area contributed by atoms with Crippen LogP contribution in [0.25, 0.3) is 22.0 Å². The zero-order valence-corrected chi connectivity index (χ0v) is 42.4. The Hall–Kier alpha value is -6.08. The van der Waals surface area contributed by atoms with Gasteiger partial charge in [0, 0.05) is 54.5 Å². The van der Waals surface area contributed by atoms with Gasteiger partial charge in [0.1, 0.15) is 41.1 Å². The fraction of sp³-hybridized carbons (Fsp3) is 0.433. The molecular formula is C60H70N4O9. The van der Waals surface area contributed by atoms with Gasteiger partial charge in [0.25, 0.3) is 0 Å². The van der Waals surface area contributed by atoms with Gasteiger partial charge in [-0.25, -0.2) is 0 Å². The molecule has 2 bridgehead atoms. The zero-order chi connectivity index (χ0) is 50.9. The first-order valence-electron chi connectivity index (χ1n) is 26.0. The average molecular weight is 991 g/mol.